The first-order valence-electron chi connectivity index (χ1n) is 13.2. The summed E-state index contributed by atoms with van der Waals surface area (Å²) in [5.74, 6) is -0.503. The van der Waals surface area contributed by atoms with Crippen LogP contribution in [0.1, 0.15) is 75.8 Å². The molecule has 3 amide bonds. The molecule has 3 N–H and O–H groups in total. The number of aryl methyl sites for hydroxylation is 2. The Hall–Kier alpha value is -3.55. The maximum atomic E-state index is 14.3. The van der Waals surface area contributed by atoms with Crippen LogP contribution in [0.2, 0.25) is 0 Å². The minimum Gasteiger partial charge on any atom is -0.508 e. The molecule has 2 aromatic carbocycles. The number of amides is 3. The van der Waals surface area contributed by atoms with Crippen molar-refractivity contribution < 1.29 is 24.2 Å². The first-order chi connectivity index (χ1) is 17.7. The Labute approximate surface area is 225 Å². The summed E-state index contributed by atoms with van der Waals surface area (Å²) < 4.78 is 5.47. The van der Waals surface area contributed by atoms with E-state index in [9.17, 15) is 19.5 Å². The van der Waals surface area contributed by atoms with E-state index in [2.05, 4.69) is 10.6 Å². The highest BCUT2D eigenvalue weighted by Crippen LogP contribution is 2.36. The monoisotopic (exact) mass is 523 g/mol. The lowest BCUT2D eigenvalue weighted by molar-refractivity contribution is -0.143. The molecule has 38 heavy (non-hydrogen) atoms. The van der Waals surface area contributed by atoms with Crippen molar-refractivity contribution >= 4 is 17.9 Å². The number of ether oxygens (including phenoxy) is 1. The molecule has 2 aromatic rings. The topological polar surface area (TPSA) is 108 Å². The summed E-state index contributed by atoms with van der Waals surface area (Å²) in [5.41, 5.74) is 2.74. The summed E-state index contributed by atoms with van der Waals surface area (Å²) in [7, 11) is 0. The number of nitrogens with one attached hydrogen (secondary N) is 2. The van der Waals surface area contributed by atoms with E-state index in [1.807, 2.05) is 45.9 Å². The summed E-state index contributed by atoms with van der Waals surface area (Å²) in [6, 6.07) is 10.4. The average molecular weight is 524 g/mol. The molecule has 1 fully saturated rings. The van der Waals surface area contributed by atoms with Crippen LogP contribution in [-0.2, 0) is 20.7 Å². The number of hydrogen-bond acceptors (Lipinski definition) is 5. The Morgan fingerprint density at radius 3 is 2.08 bits per heavy atom. The Balaban J connectivity index is 2.03. The van der Waals surface area contributed by atoms with Crippen molar-refractivity contribution in [3.05, 3.63) is 64.7 Å². The van der Waals surface area contributed by atoms with Crippen molar-refractivity contribution in [2.75, 3.05) is 0 Å². The van der Waals surface area contributed by atoms with Crippen LogP contribution in [0, 0.1) is 13.8 Å². The van der Waals surface area contributed by atoms with E-state index in [1.54, 1.807) is 37.8 Å². The molecule has 0 heterocycles. The number of phenols is 1. The van der Waals surface area contributed by atoms with Crippen molar-refractivity contribution in [2.24, 2.45) is 0 Å². The zero-order chi connectivity index (χ0) is 28.2. The maximum absolute atomic E-state index is 14.3. The number of hydrogen-bond donors (Lipinski definition) is 3. The van der Waals surface area contributed by atoms with Crippen molar-refractivity contribution in [1.82, 2.24) is 15.5 Å². The van der Waals surface area contributed by atoms with E-state index in [4.69, 9.17) is 4.74 Å². The molecule has 0 aromatic heterocycles. The Morgan fingerprint density at radius 1 is 1.00 bits per heavy atom. The highest BCUT2D eigenvalue weighted by Gasteiger charge is 2.44. The van der Waals surface area contributed by atoms with Gasteiger partial charge in [0.15, 0.2) is 0 Å². The zero-order valence-corrected chi connectivity index (χ0v) is 23.5. The fourth-order valence-electron chi connectivity index (χ4n) is 4.54. The highest BCUT2D eigenvalue weighted by molar-refractivity contribution is 5.93. The second kappa shape index (κ2) is 11.9. The Bertz CT molecular complexity index is 1130. The predicted molar refractivity (Wildman–Crippen MR) is 147 cm³/mol. The van der Waals surface area contributed by atoms with Crippen LogP contribution in [0.25, 0.3) is 0 Å². The van der Waals surface area contributed by atoms with Gasteiger partial charge >= 0.3 is 6.09 Å². The Morgan fingerprint density at radius 2 is 1.58 bits per heavy atom. The lowest BCUT2D eigenvalue weighted by Crippen LogP contribution is -2.55. The minimum atomic E-state index is -0.977. The van der Waals surface area contributed by atoms with Crippen LogP contribution < -0.4 is 10.6 Å². The third-order valence-electron chi connectivity index (χ3n) is 6.08. The van der Waals surface area contributed by atoms with Crippen molar-refractivity contribution in [1.29, 1.82) is 0 Å². The molecule has 1 aliphatic carbocycles. The van der Waals surface area contributed by atoms with Crippen LogP contribution in [0.5, 0.6) is 5.75 Å². The third-order valence-corrected chi connectivity index (χ3v) is 6.08. The zero-order valence-electron chi connectivity index (χ0n) is 23.5. The lowest BCUT2D eigenvalue weighted by atomic mass is 9.97. The van der Waals surface area contributed by atoms with Crippen molar-refractivity contribution in [3.8, 4) is 5.75 Å². The number of alkyl carbamates (subject to hydrolysis) is 1. The number of rotatable bonds is 9. The average Bonchev–Trinajstić information content (AvgIpc) is 3.60. The smallest absolute Gasteiger partial charge is 0.408 e. The van der Waals surface area contributed by atoms with Crippen LogP contribution in [0.4, 0.5) is 4.79 Å². The molecule has 0 spiro atoms. The molecule has 8 heteroatoms. The summed E-state index contributed by atoms with van der Waals surface area (Å²) in [4.78, 5) is 42.4. The molecule has 2 unspecified atom stereocenters. The molecule has 1 aliphatic rings. The van der Waals surface area contributed by atoms with Crippen molar-refractivity contribution in [2.45, 2.75) is 97.5 Å². The van der Waals surface area contributed by atoms with E-state index in [0.29, 0.717) is 0 Å². The molecule has 8 nitrogen and oxygen atoms in total. The number of carbonyl (C=O) groups is 3. The molecule has 0 bridgehead atoms. The van der Waals surface area contributed by atoms with Crippen molar-refractivity contribution in [3.63, 3.8) is 0 Å². The van der Waals surface area contributed by atoms with Gasteiger partial charge < -0.3 is 25.4 Å². The summed E-state index contributed by atoms with van der Waals surface area (Å²) in [6.45, 7) is 13.0. The van der Waals surface area contributed by atoms with Crippen LogP contribution in [0.3, 0.4) is 0 Å². The van der Waals surface area contributed by atoms with Crippen LogP contribution in [-0.4, -0.2) is 51.6 Å². The lowest BCUT2D eigenvalue weighted by Gasteiger charge is -2.35. The van der Waals surface area contributed by atoms with Gasteiger partial charge in [-0.1, -0.05) is 41.5 Å². The maximum Gasteiger partial charge on any atom is 0.408 e. The third kappa shape index (κ3) is 8.23. The number of phenolic OH excluding ortho intramolecular Hbond substituents is 1. The fraction of sp³-hybridized carbons (Fsp3) is 0.500. The number of aromatic hydroxyl groups is 1. The van der Waals surface area contributed by atoms with E-state index in [1.165, 1.54) is 12.1 Å². The van der Waals surface area contributed by atoms with Gasteiger partial charge in [0.1, 0.15) is 23.4 Å². The van der Waals surface area contributed by atoms with Gasteiger partial charge in [-0.15, -0.1) is 0 Å². The second-order valence-corrected chi connectivity index (χ2v) is 11.5. The van der Waals surface area contributed by atoms with E-state index in [-0.39, 0.29) is 36.1 Å². The van der Waals surface area contributed by atoms with E-state index >= 15 is 0 Å². The van der Waals surface area contributed by atoms with Gasteiger partial charge in [-0.25, -0.2) is 4.79 Å². The standard InChI is InChI=1S/C30H41N3O5/c1-18(2)31-27(35)26(22-15-19(3)14-20(4)16-22)33(23-10-11-23)28(36)25(32-29(37)38-30(5,6)7)17-21-8-12-24(34)13-9-21/h8-9,12-16,18,23,25-26,34H,10-11,17H2,1-7H3,(H,31,35)(H,32,37). The number of carbonyl (C=O) groups excluding carboxylic acids is 3. The minimum absolute atomic E-state index is 0.108. The van der Waals surface area contributed by atoms with Crippen LogP contribution >= 0.6 is 0 Å². The number of benzene rings is 2. The second-order valence-electron chi connectivity index (χ2n) is 11.5. The van der Waals surface area contributed by atoms with Gasteiger partial charge in [0, 0.05) is 18.5 Å². The molecule has 2 atom stereocenters. The predicted octanol–water partition coefficient (Wildman–Crippen LogP) is 4.70. The first-order valence-corrected chi connectivity index (χ1v) is 13.2. The van der Waals surface area contributed by atoms with E-state index < -0.39 is 23.8 Å². The van der Waals surface area contributed by atoms with Gasteiger partial charge in [0.2, 0.25) is 11.8 Å². The van der Waals surface area contributed by atoms with Gasteiger partial charge in [0.05, 0.1) is 0 Å². The van der Waals surface area contributed by atoms with Gasteiger partial charge in [-0.05, 0) is 84.6 Å². The summed E-state index contributed by atoms with van der Waals surface area (Å²) in [6.07, 6.45) is 1.02. The molecule has 0 radical (unpaired) electrons. The van der Waals surface area contributed by atoms with E-state index in [0.717, 1.165) is 35.1 Å². The molecule has 206 valence electrons. The molecule has 1 saturated carbocycles. The SMILES string of the molecule is Cc1cc(C)cc(C(C(=O)NC(C)C)N(C(=O)C(Cc2ccc(O)cc2)NC(=O)OC(C)(C)C)C2CC2)c1. The first kappa shape index (κ1) is 29.0. The van der Waals surface area contributed by atoms with Gasteiger partial charge in [-0.2, -0.15) is 0 Å². The summed E-state index contributed by atoms with van der Waals surface area (Å²) >= 11 is 0. The molecular weight excluding hydrogens is 482 g/mol. The quantitative estimate of drug-likeness (QED) is 0.442. The summed E-state index contributed by atoms with van der Waals surface area (Å²) in [5, 5.41) is 15.5. The highest BCUT2D eigenvalue weighted by atomic mass is 16.6. The molecular formula is C30H41N3O5. The van der Waals surface area contributed by atoms with Gasteiger partial charge in [-0.3, -0.25) is 9.59 Å². The molecule has 0 aliphatic heterocycles. The van der Waals surface area contributed by atoms with Crippen LogP contribution in [0.15, 0.2) is 42.5 Å². The fourth-order valence-corrected chi connectivity index (χ4v) is 4.54. The van der Waals surface area contributed by atoms with Gasteiger partial charge in [0.25, 0.3) is 0 Å². The normalized spacial score (nSPS) is 14.9. The molecule has 0 saturated heterocycles. The largest absolute Gasteiger partial charge is 0.508 e. The number of nitrogens with zero attached hydrogens (tertiary/aromatic N) is 1. The Kier molecular flexibility index (Phi) is 9.07. The molecule has 3 rings (SSSR count).